The standard InChI is InChI=1S/C20H25NO3/c1-5-16-8-6-7-9-19(16)24-15(3)20(22)21-14(2)17-10-12-18(23-4)13-11-17/h6-15H,5H2,1-4H3,(H,21,22)/t14-,15+/m0/s1. The normalized spacial score (nSPS) is 13.0. The lowest BCUT2D eigenvalue weighted by Crippen LogP contribution is -2.37. The van der Waals surface area contributed by atoms with E-state index in [9.17, 15) is 4.79 Å². The highest BCUT2D eigenvalue weighted by Crippen LogP contribution is 2.21. The van der Waals surface area contributed by atoms with Crippen LogP contribution in [0.2, 0.25) is 0 Å². The van der Waals surface area contributed by atoms with Gasteiger partial charge in [0, 0.05) is 0 Å². The number of nitrogens with one attached hydrogen (secondary N) is 1. The van der Waals surface area contributed by atoms with E-state index in [1.165, 1.54) is 0 Å². The maximum Gasteiger partial charge on any atom is 0.261 e. The first-order valence-corrected chi connectivity index (χ1v) is 8.24. The fourth-order valence-electron chi connectivity index (χ4n) is 2.46. The average molecular weight is 327 g/mol. The van der Waals surface area contributed by atoms with Gasteiger partial charge in [0.1, 0.15) is 11.5 Å². The number of amides is 1. The molecule has 2 atom stereocenters. The van der Waals surface area contributed by atoms with Crippen LogP contribution < -0.4 is 14.8 Å². The van der Waals surface area contributed by atoms with Crippen LogP contribution in [0, 0.1) is 0 Å². The molecule has 0 bridgehead atoms. The van der Waals surface area contributed by atoms with Gasteiger partial charge in [-0.25, -0.2) is 0 Å². The highest BCUT2D eigenvalue weighted by Gasteiger charge is 2.18. The predicted molar refractivity (Wildman–Crippen MR) is 95.5 cm³/mol. The first kappa shape index (κ1) is 17.9. The number of aryl methyl sites for hydroxylation is 1. The summed E-state index contributed by atoms with van der Waals surface area (Å²) in [6.07, 6.45) is 0.311. The Balaban J connectivity index is 1.97. The Morgan fingerprint density at radius 2 is 1.75 bits per heavy atom. The first-order valence-electron chi connectivity index (χ1n) is 8.24. The molecule has 0 saturated heterocycles. The zero-order valence-electron chi connectivity index (χ0n) is 14.7. The van der Waals surface area contributed by atoms with Gasteiger partial charge in [0.25, 0.3) is 5.91 Å². The summed E-state index contributed by atoms with van der Waals surface area (Å²) >= 11 is 0. The summed E-state index contributed by atoms with van der Waals surface area (Å²) in [6, 6.07) is 15.4. The molecule has 4 heteroatoms. The zero-order chi connectivity index (χ0) is 17.5. The van der Waals surface area contributed by atoms with E-state index in [0.717, 1.165) is 29.0 Å². The Bertz CT molecular complexity index is 667. The SMILES string of the molecule is CCc1ccccc1O[C@H](C)C(=O)N[C@@H](C)c1ccc(OC)cc1. The molecule has 0 fully saturated rings. The minimum absolute atomic E-state index is 0.101. The van der Waals surface area contributed by atoms with Gasteiger partial charge in [-0.15, -0.1) is 0 Å². The topological polar surface area (TPSA) is 47.6 Å². The van der Waals surface area contributed by atoms with Gasteiger partial charge in [-0.2, -0.15) is 0 Å². The van der Waals surface area contributed by atoms with Gasteiger partial charge in [0.15, 0.2) is 6.10 Å². The maximum atomic E-state index is 12.4. The molecule has 0 unspecified atom stereocenters. The molecule has 24 heavy (non-hydrogen) atoms. The molecule has 0 aliphatic heterocycles. The van der Waals surface area contributed by atoms with E-state index in [0.29, 0.717) is 0 Å². The molecule has 0 aromatic heterocycles. The molecule has 128 valence electrons. The number of methoxy groups -OCH3 is 1. The third kappa shape index (κ3) is 4.51. The average Bonchev–Trinajstić information content (AvgIpc) is 2.62. The molecule has 0 aliphatic rings. The third-order valence-electron chi connectivity index (χ3n) is 4.00. The summed E-state index contributed by atoms with van der Waals surface area (Å²) < 4.78 is 11.0. The molecule has 2 rings (SSSR count). The molecule has 4 nitrogen and oxygen atoms in total. The second kappa shape index (κ2) is 8.39. The molecule has 0 spiro atoms. The molecular formula is C20H25NO3. The van der Waals surface area contributed by atoms with Gasteiger partial charge in [0.05, 0.1) is 13.2 Å². The Kier molecular flexibility index (Phi) is 6.24. The van der Waals surface area contributed by atoms with Crippen molar-refractivity contribution in [2.45, 2.75) is 39.3 Å². The summed E-state index contributed by atoms with van der Waals surface area (Å²) in [4.78, 5) is 12.4. The van der Waals surface area contributed by atoms with E-state index in [1.54, 1.807) is 14.0 Å². The fraction of sp³-hybridized carbons (Fsp3) is 0.350. The Labute approximate surface area is 143 Å². The van der Waals surface area contributed by atoms with Crippen molar-refractivity contribution in [3.63, 3.8) is 0 Å². The van der Waals surface area contributed by atoms with E-state index in [1.807, 2.05) is 55.5 Å². The quantitative estimate of drug-likeness (QED) is 0.839. The molecule has 0 aliphatic carbocycles. The van der Waals surface area contributed by atoms with Crippen molar-refractivity contribution >= 4 is 5.91 Å². The number of benzene rings is 2. The summed E-state index contributed by atoms with van der Waals surface area (Å²) in [5, 5.41) is 2.99. The van der Waals surface area contributed by atoms with Crippen molar-refractivity contribution in [1.29, 1.82) is 0 Å². The van der Waals surface area contributed by atoms with Crippen molar-refractivity contribution in [2.24, 2.45) is 0 Å². The van der Waals surface area contributed by atoms with E-state index in [2.05, 4.69) is 12.2 Å². The fourth-order valence-corrected chi connectivity index (χ4v) is 2.46. The predicted octanol–water partition coefficient (Wildman–Crippen LogP) is 3.90. The van der Waals surface area contributed by atoms with Crippen LogP contribution in [0.4, 0.5) is 0 Å². The summed E-state index contributed by atoms with van der Waals surface area (Å²) in [7, 11) is 1.63. The summed E-state index contributed by atoms with van der Waals surface area (Å²) in [5.41, 5.74) is 2.12. The lowest BCUT2D eigenvalue weighted by molar-refractivity contribution is -0.127. The van der Waals surface area contributed by atoms with Crippen LogP contribution >= 0.6 is 0 Å². The maximum absolute atomic E-state index is 12.4. The van der Waals surface area contributed by atoms with Crippen LogP contribution in [0.5, 0.6) is 11.5 Å². The van der Waals surface area contributed by atoms with Crippen LogP contribution in [0.25, 0.3) is 0 Å². The van der Waals surface area contributed by atoms with E-state index in [-0.39, 0.29) is 11.9 Å². The largest absolute Gasteiger partial charge is 0.497 e. The van der Waals surface area contributed by atoms with Crippen LogP contribution in [-0.2, 0) is 11.2 Å². The summed E-state index contributed by atoms with van der Waals surface area (Å²) in [5.74, 6) is 1.43. The number of rotatable bonds is 7. The molecule has 2 aromatic rings. The van der Waals surface area contributed by atoms with Crippen molar-refractivity contribution in [3.8, 4) is 11.5 Å². The molecule has 2 aromatic carbocycles. The number of ether oxygens (including phenoxy) is 2. The highest BCUT2D eigenvalue weighted by molar-refractivity contribution is 5.81. The molecule has 0 saturated carbocycles. The highest BCUT2D eigenvalue weighted by atomic mass is 16.5. The molecular weight excluding hydrogens is 302 g/mol. The lowest BCUT2D eigenvalue weighted by Gasteiger charge is -2.20. The van der Waals surface area contributed by atoms with Gasteiger partial charge in [-0.3, -0.25) is 4.79 Å². The van der Waals surface area contributed by atoms with Crippen LogP contribution in [0.15, 0.2) is 48.5 Å². The van der Waals surface area contributed by atoms with Crippen molar-refractivity contribution in [2.75, 3.05) is 7.11 Å². The van der Waals surface area contributed by atoms with Crippen molar-refractivity contribution in [3.05, 3.63) is 59.7 Å². The van der Waals surface area contributed by atoms with Crippen LogP contribution in [-0.4, -0.2) is 19.1 Å². The van der Waals surface area contributed by atoms with E-state index in [4.69, 9.17) is 9.47 Å². The number of para-hydroxylation sites is 1. The van der Waals surface area contributed by atoms with E-state index < -0.39 is 6.10 Å². The second-order valence-electron chi connectivity index (χ2n) is 5.72. The third-order valence-corrected chi connectivity index (χ3v) is 4.00. The smallest absolute Gasteiger partial charge is 0.261 e. The van der Waals surface area contributed by atoms with Gasteiger partial charge in [-0.1, -0.05) is 37.3 Å². The molecule has 0 heterocycles. The minimum atomic E-state index is -0.557. The molecule has 0 radical (unpaired) electrons. The molecule has 1 N–H and O–H groups in total. The van der Waals surface area contributed by atoms with Crippen LogP contribution in [0.3, 0.4) is 0 Å². The first-order chi connectivity index (χ1) is 11.5. The van der Waals surface area contributed by atoms with Crippen molar-refractivity contribution in [1.82, 2.24) is 5.32 Å². The van der Waals surface area contributed by atoms with Crippen molar-refractivity contribution < 1.29 is 14.3 Å². The monoisotopic (exact) mass is 327 g/mol. The number of carbonyl (C=O) groups excluding carboxylic acids is 1. The number of carbonyl (C=O) groups is 1. The van der Waals surface area contributed by atoms with E-state index >= 15 is 0 Å². The zero-order valence-corrected chi connectivity index (χ0v) is 14.7. The second-order valence-corrected chi connectivity index (χ2v) is 5.72. The lowest BCUT2D eigenvalue weighted by atomic mass is 10.1. The number of hydrogen-bond donors (Lipinski definition) is 1. The van der Waals surface area contributed by atoms with Gasteiger partial charge < -0.3 is 14.8 Å². The van der Waals surface area contributed by atoms with Crippen LogP contribution in [0.1, 0.15) is 37.9 Å². The Morgan fingerprint density at radius 1 is 1.08 bits per heavy atom. The van der Waals surface area contributed by atoms with Gasteiger partial charge in [-0.05, 0) is 49.6 Å². The Hall–Kier alpha value is -2.49. The summed E-state index contributed by atoms with van der Waals surface area (Å²) in [6.45, 7) is 5.79. The Morgan fingerprint density at radius 3 is 2.38 bits per heavy atom. The molecule has 1 amide bonds. The minimum Gasteiger partial charge on any atom is -0.497 e. The number of hydrogen-bond acceptors (Lipinski definition) is 3. The van der Waals surface area contributed by atoms with Gasteiger partial charge in [0.2, 0.25) is 0 Å². The van der Waals surface area contributed by atoms with Gasteiger partial charge >= 0.3 is 0 Å².